The van der Waals surface area contributed by atoms with E-state index in [0.717, 1.165) is 10.4 Å². The molecule has 0 saturated heterocycles. The van der Waals surface area contributed by atoms with Gasteiger partial charge in [-0.2, -0.15) is 23.4 Å². The molecule has 0 aliphatic rings. The number of hydrogen-bond acceptors (Lipinski definition) is 3. The largest absolute Gasteiger partial charge is 0.436 e. The monoisotopic (exact) mass is 349 g/mol. The molecule has 1 unspecified atom stereocenters. The zero-order chi connectivity index (χ0) is 17.4. The first-order valence-electron chi connectivity index (χ1n) is 6.69. The predicted octanol–water partition coefficient (Wildman–Crippen LogP) is 2.47. The van der Waals surface area contributed by atoms with Gasteiger partial charge in [-0.3, -0.25) is 14.2 Å². The van der Waals surface area contributed by atoms with Crippen LogP contribution < -0.4 is 5.32 Å². The second-order valence-electron chi connectivity index (χ2n) is 5.03. The van der Waals surface area contributed by atoms with E-state index in [2.05, 4.69) is 15.5 Å². The number of alkyl halides is 3. The normalized spacial score (nSPS) is 13.2. The molecule has 2 aromatic rings. The van der Waals surface area contributed by atoms with Crippen LogP contribution in [0, 0.1) is 6.92 Å². The van der Waals surface area contributed by atoms with Gasteiger partial charge in [0.05, 0.1) is 23.0 Å². The van der Waals surface area contributed by atoms with Crippen molar-refractivity contribution >= 4 is 17.5 Å². The van der Waals surface area contributed by atoms with E-state index < -0.39 is 28.8 Å². The number of halogens is 4. The Labute approximate surface area is 135 Å². The molecule has 1 atom stereocenters. The molecule has 23 heavy (non-hydrogen) atoms. The van der Waals surface area contributed by atoms with Gasteiger partial charge in [0.1, 0.15) is 6.04 Å². The summed E-state index contributed by atoms with van der Waals surface area (Å²) in [6.45, 7) is 3.05. The second-order valence-corrected chi connectivity index (χ2v) is 5.41. The summed E-state index contributed by atoms with van der Waals surface area (Å²) in [6.07, 6.45) is -3.09. The SMILES string of the molecule is Cc1c(Cl)c(C(F)(F)F)nn1C(C)C(=O)NCc1ccnn1C. The Balaban J connectivity index is 2.15. The topological polar surface area (TPSA) is 64.7 Å². The summed E-state index contributed by atoms with van der Waals surface area (Å²) in [7, 11) is 1.72. The molecule has 2 aromatic heterocycles. The third-order valence-corrected chi connectivity index (χ3v) is 3.91. The highest BCUT2D eigenvalue weighted by Gasteiger charge is 2.39. The Morgan fingerprint density at radius 3 is 2.61 bits per heavy atom. The maximum absolute atomic E-state index is 12.8. The highest BCUT2D eigenvalue weighted by atomic mass is 35.5. The van der Waals surface area contributed by atoms with Crippen LogP contribution in [0.4, 0.5) is 13.2 Å². The van der Waals surface area contributed by atoms with E-state index in [1.54, 1.807) is 24.0 Å². The number of nitrogens with one attached hydrogen (secondary N) is 1. The van der Waals surface area contributed by atoms with Crippen molar-refractivity contribution in [3.63, 3.8) is 0 Å². The van der Waals surface area contributed by atoms with Crippen LogP contribution >= 0.6 is 11.6 Å². The Morgan fingerprint density at radius 1 is 1.48 bits per heavy atom. The fourth-order valence-electron chi connectivity index (χ4n) is 2.07. The minimum Gasteiger partial charge on any atom is -0.349 e. The Kier molecular flexibility index (Phi) is 4.69. The minimum absolute atomic E-state index is 0.0853. The average Bonchev–Trinajstić information content (AvgIpc) is 3.00. The molecule has 0 saturated carbocycles. The lowest BCUT2D eigenvalue weighted by molar-refractivity contribution is -0.141. The van der Waals surface area contributed by atoms with Crippen molar-refractivity contribution in [3.05, 3.63) is 34.4 Å². The number of amides is 1. The van der Waals surface area contributed by atoms with E-state index in [-0.39, 0.29) is 12.2 Å². The summed E-state index contributed by atoms with van der Waals surface area (Å²) < 4.78 is 41.0. The zero-order valence-corrected chi connectivity index (χ0v) is 13.4. The Morgan fingerprint density at radius 2 is 2.13 bits per heavy atom. The highest BCUT2D eigenvalue weighted by molar-refractivity contribution is 6.32. The first-order chi connectivity index (χ1) is 10.6. The van der Waals surface area contributed by atoms with E-state index >= 15 is 0 Å². The Hall–Kier alpha value is -2.03. The second kappa shape index (κ2) is 6.23. The Bertz CT molecular complexity index is 722. The van der Waals surface area contributed by atoms with Gasteiger partial charge in [-0.25, -0.2) is 0 Å². The highest BCUT2D eigenvalue weighted by Crippen LogP contribution is 2.36. The molecule has 0 aliphatic carbocycles. The third kappa shape index (κ3) is 3.49. The summed E-state index contributed by atoms with van der Waals surface area (Å²) in [4.78, 5) is 12.1. The molecule has 1 N–H and O–H groups in total. The fourth-order valence-corrected chi connectivity index (χ4v) is 2.30. The molecule has 0 radical (unpaired) electrons. The quantitative estimate of drug-likeness (QED) is 0.922. The summed E-state index contributed by atoms with van der Waals surface area (Å²) in [5.74, 6) is -0.470. The van der Waals surface area contributed by atoms with Gasteiger partial charge < -0.3 is 5.32 Å². The number of hydrogen-bond donors (Lipinski definition) is 1. The van der Waals surface area contributed by atoms with Crippen molar-refractivity contribution in [2.45, 2.75) is 32.6 Å². The third-order valence-electron chi connectivity index (χ3n) is 3.46. The maximum atomic E-state index is 12.8. The molecule has 0 spiro atoms. The maximum Gasteiger partial charge on any atom is 0.436 e. The van der Waals surface area contributed by atoms with Crippen LogP contribution in [0.3, 0.4) is 0 Å². The van der Waals surface area contributed by atoms with Crippen LogP contribution in [0.1, 0.15) is 30.0 Å². The molecule has 0 aromatic carbocycles. The molecule has 0 bridgehead atoms. The van der Waals surface area contributed by atoms with Crippen molar-refractivity contribution in [1.82, 2.24) is 24.9 Å². The van der Waals surface area contributed by atoms with E-state index in [0.29, 0.717) is 0 Å². The number of carbonyl (C=O) groups excluding carboxylic acids is 1. The fraction of sp³-hybridized carbons (Fsp3) is 0.462. The summed E-state index contributed by atoms with van der Waals surface area (Å²) in [5.41, 5.74) is -0.345. The lowest BCUT2D eigenvalue weighted by atomic mass is 10.3. The van der Waals surface area contributed by atoms with Crippen LogP contribution in [0.2, 0.25) is 5.02 Å². The summed E-state index contributed by atoms with van der Waals surface area (Å²) >= 11 is 5.68. The molecule has 2 rings (SSSR count). The lowest BCUT2D eigenvalue weighted by Gasteiger charge is -2.14. The van der Waals surface area contributed by atoms with Gasteiger partial charge in [0, 0.05) is 13.2 Å². The van der Waals surface area contributed by atoms with Crippen LogP contribution in [-0.2, 0) is 24.6 Å². The summed E-state index contributed by atoms with van der Waals surface area (Å²) in [6, 6.07) is 0.791. The molecule has 10 heteroatoms. The van der Waals surface area contributed by atoms with Gasteiger partial charge >= 0.3 is 6.18 Å². The number of carbonyl (C=O) groups is 1. The van der Waals surface area contributed by atoms with Crippen molar-refractivity contribution in [3.8, 4) is 0 Å². The molecule has 126 valence electrons. The van der Waals surface area contributed by atoms with Crippen molar-refractivity contribution < 1.29 is 18.0 Å². The van der Waals surface area contributed by atoms with Gasteiger partial charge in [-0.15, -0.1) is 0 Å². The number of rotatable bonds is 4. The molecule has 2 heterocycles. The van der Waals surface area contributed by atoms with E-state index in [1.165, 1.54) is 13.8 Å². The van der Waals surface area contributed by atoms with E-state index in [9.17, 15) is 18.0 Å². The number of aromatic nitrogens is 4. The number of aryl methyl sites for hydroxylation is 1. The summed E-state index contributed by atoms with van der Waals surface area (Å²) in [5, 5.41) is 9.54. The molecule has 6 nitrogen and oxygen atoms in total. The van der Waals surface area contributed by atoms with Crippen LogP contribution in [0.25, 0.3) is 0 Å². The first kappa shape index (κ1) is 17.3. The van der Waals surface area contributed by atoms with Gasteiger partial charge in [-0.05, 0) is 19.9 Å². The van der Waals surface area contributed by atoms with Gasteiger partial charge in [0.15, 0.2) is 5.69 Å². The van der Waals surface area contributed by atoms with Crippen molar-refractivity contribution in [2.24, 2.45) is 7.05 Å². The molecule has 1 amide bonds. The van der Waals surface area contributed by atoms with Crippen LogP contribution in [0.5, 0.6) is 0 Å². The zero-order valence-electron chi connectivity index (χ0n) is 12.6. The van der Waals surface area contributed by atoms with Gasteiger partial charge in [0.2, 0.25) is 5.91 Å². The predicted molar refractivity (Wildman–Crippen MR) is 76.7 cm³/mol. The lowest BCUT2D eigenvalue weighted by Crippen LogP contribution is -2.32. The van der Waals surface area contributed by atoms with Crippen LogP contribution in [-0.4, -0.2) is 25.5 Å². The first-order valence-corrected chi connectivity index (χ1v) is 7.07. The van der Waals surface area contributed by atoms with Crippen molar-refractivity contribution in [1.29, 1.82) is 0 Å². The number of nitrogens with zero attached hydrogens (tertiary/aromatic N) is 4. The molecule has 0 fully saturated rings. The van der Waals surface area contributed by atoms with E-state index in [1.807, 2.05) is 0 Å². The minimum atomic E-state index is -4.67. The average molecular weight is 350 g/mol. The van der Waals surface area contributed by atoms with Gasteiger partial charge in [-0.1, -0.05) is 11.6 Å². The van der Waals surface area contributed by atoms with Crippen LogP contribution in [0.15, 0.2) is 12.3 Å². The molecular weight excluding hydrogens is 335 g/mol. The van der Waals surface area contributed by atoms with E-state index in [4.69, 9.17) is 11.6 Å². The molecular formula is C13H15ClF3N5O. The standard InChI is InChI=1S/C13H15ClF3N5O/c1-7-10(14)11(13(15,16)17)20-22(7)8(2)12(23)18-6-9-4-5-19-21(9)3/h4-5,8H,6H2,1-3H3,(H,18,23). The molecule has 0 aliphatic heterocycles. The van der Waals surface area contributed by atoms with Crippen molar-refractivity contribution in [2.75, 3.05) is 0 Å². The smallest absolute Gasteiger partial charge is 0.349 e. The van der Waals surface area contributed by atoms with Gasteiger partial charge in [0.25, 0.3) is 0 Å².